The van der Waals surface area contributed by atoms with Crippen molar-refractivity contribution in [2.75, 3.05) is 26.2 Å². The summed E-state index contributed by atoms with van der Waals surface area (Å²) in [6.45, 7) is 1.85. The Labute approximate surface area is 156 Å². The molecule has 0 bridgehead atoms. The highest BCUT2D eigenvalue weighted by atomic mass is 35.5. The summed E-state index contributed by atoms with van der Waals surface area (Å²) in [7, 11) is 0. The largest absolute Gasteiger partial charge is 0.337 e. The summed E-state index contributed by atoms with van der Waals surface area (Å²) in [6, 6.07) is 17.6. The molecule has 4 nitrogen and oxygen atoms in total. The number of alkyl halides is 2. The molecule has 3 rings (SSSR count). The van der Waals surface area contributed by atoms with Crippen LogP contribution in [-0.2, 0) is 4.79 Å². The quantitative estimate of drug-likeness (QED) is 0.769. The topological polar surface area (TPSA) is 40.6 Å². The Hall–Kier alpha value is -2.04. The molecule has 0 aliphatic carbocycles. The second kappa shape index (κ2) is 7.89. The monoisotopic (exact) mass is 376 g/mol. The molecule has 1 aliphatic heterocycles. The molecule has 25 heavy (non-hydrogen) atoms. The van der Waals surface area contributed by atoms with Crippen LogP contribution < -0.4 is 0 Å². The van der Waals surface area contributed by atoms with Gasteiger partial charge in [0.15, 0.2) is 4.84 Å². The van der Waals surface area contributed by atoms with Gasteiger partial charge < -0.3 is 9.80 Å². The number of benzene rings is 2. The molecule has 2 aromatic rings. The standard InChI is InChI=1S/C19H18Cl2N2O2/c20-17(21)19(25)23-12-10-22(11-13-23)18(24)16-8-6-15(7-9-16)14-4-2-1-3-5-14/h1-9,17H,10-13H2. The summed E-state index contributed by atoms with van der Waals surface area (Å²) in [5.41, 5.74) is 2.83. The van der Waals surface area contributed by atoms with Gasteiger partial charge in [0.05, 0.1) is 0 Å². The molecule has 1 saturated heterocycles. The van der Waals surface area contributed by atoms with Crippen molar-refractivity contribution in [3.8, 4) is 11.1 Å². The Morgan fingerprint density at radius 1 is 0.760 bits per heavy atom. The minimum atomic E-state index is -1.05. The number of hydrogen-bond donors (Lipinski definition) is 0. The predicted octanol–water partition coefficient (Wildman–Crippen LogP) is 3.44. The maximum absolute atomic E-state index is 12.6. The van der Waals surface area contributed by atoms with Gasteiger partial charge in [0.2, 0.25) is 0 Å². The number of carbonyl (C=O) groups is 2. The first-order valence-corrected chi connectivity index (χ1v) is 8.95. The Morgan fingerprint density at radius 3 is 1.84 bits per heavy atom. The molecule has 130 valence electrons. The molecule has 6 heteroatoms. The van der Waals surface area contributed by atoms with E-state index in [0.717, 1.165) is 11.1 Å². The molecular weight excluding hydrogens is 359 g/mol. The molecule has 0 spiro atoms. The lowest BCUT2D eigenvalue weighted by Crippen LogP contribution is -2.51. The fraction of sp³-hybridized carbons (Fsp3) is 0.263. The number of rotatable bonds is 3. The fourth-order valence-electron chi connectivity index (χ4n) is 2.89. The van der Waals surface area contributed by atoms with Crippen LogP contribution >= 0.6 is 23.2 Å². The Balaban J connectivity index is 1.63. The van der Waals surface area contributed by atoms with Gasteiger partial charge in [0, 0.05) is 31.7 Å². The van der Waals surface area contributed by atoms with Gasteiger partial charge in [-0.1, -0.05) is 65.7 Å². The fourth-order valence-corrected chi connectivity index (χ4v) is 3.16. The van der Waals surface area contributed by atoms with Gasteiger partial charge in [0.1, 0.15) is 0 Å². The number of amides is 2. The molecule has 0 atom stereocenters. The Kier molecular flexibility index (Phi) is 5.61. The Bertz CT molecular complexity index is 740. The molecule has 1 aliphatic rings. The van der Waals surface area contributed by atoms with E-state index in [9.17, 15) is 9.59 Å². The highest BCUT2D eigenvalue weighted by Gasteiger charge is 2.27. The number of halogens is 2. The van der Waals surface area contributed by atoms with Gasteiger partial charge in [0.25, 0.3) is 11.8 Å². The van der Waals surface area contributed by atoms with Gasteiger partial charge >= 0.3 is 0 Å². The second-order valence-corrected chi connectivity index (χ2v) is 6.96. The average molecular weight is 377 g/mol. The summed E-state index contributed by atoms with van der Waals surface area (Å²) >= 11 is 11.2. The van der Waals surface area contributed by atoms with Gasteiger partial charge in [-0.15, -0.1) is 0 Å². The van der Waals surface area contributed by atoms with E-state index in [1.165, 1.54) is 0 Å². The van der Waals surface area contributed by atoms with Gasteiger partial charge in [-0.3, -0.25) is 9.59 Å². The SMILES string of the molecule is O=C(c1ccc(-c2ccccc2)cc1)N1CCN(C(=O)C(Cl)Cl)CC1. The van der Waals surface area contributed by atoms with Crippen molar-refractivity contribution in [1.29, 1.82) is 0 Å². The highest BCUT2D eigenvalue weighted by molar-refractivity contribution is 6.53. The van der Waals surface area contributed by atoms with Crippen LogP contribution in [0.15, 0.2) is 54.6 Å². The number of hydrogen-bond acceptors (Lipinski definition) is 2. The molecule has 1 heterocycles. The molecule has 2 aromatic carbocycles. The normalized spacial score (nSPS) is 14.7. The predicted molar refractivity (Wildman–Crippen MR) is 99.9 cm³/mol. The van der Waals surface area contributed by atoms with Crippen LogP contribution in [0.5, 0.6) is 0 Å². The first kappa shape index (κ1) is 17.8. The molecule has 0 N–H and O–H groups in total. The highest BCUT2D eigenvalue weighted by Crippen LogP contribution is 2.20. The summed E-state index contributed by atoms with van der Waals surface area (Å²) in [4.78, 5) is 26.7. The molecule has 0 unspecified atom stereocenters. The van der Waals surface area contributed by atoms with Crippen molar-refractivity contribution in [1.82, 2.24) is 9.80 Å². The lowest BCUT2D eigenvalue weighted by atomic mass is 10.0. The van der Waals surface area contributed by atoms with E-state index in [1.807, 2.05) is 54.6 Å². The van der Waals surface area contributed by atoms with Crippen LogP contribution in [0.2, 0.25) is 0 Å². The van der Waals surface area contributed by atoms with Crippen LogP contribution in [0.25, 0.3) is 11.1 Å². The summed E-state index contributed by atoms with van der Waals surface area (Å²) in [5, 5.41) is 0. The van der Waals surface area contributed by atoms with Crippen LogP contribution in [0.1, 0.15) is 10.4 Å². The van der Waals surface area contributed by atoms with Gasteiger partial charge in [-0.25, -0.2) is 0 Å². The number of piperazine rings is 1. The summed E-state index contributed by atoms with van der Waals surface area (Å²) in [6.07, 6.45) is 0. The van der Waals surface area contributed by atoms with Crippen molar-refractivity contribution < 1.29 is 9.59 Å². The van der Waals surface area contributed by atoms with Crippen molar-refractivity contribution in [3.05, 3.63) is 60.2 Å². The van der Waals surface area contributed by atoms with Crippen LogP contribution in [-0.4, -0.2) is 52.6 Å². The van der Waals surface area contributed by atoms with Crippen LogP contribution in [0.4, 0.5) is 0 Å². The van der Waals surface area contributed by atoms with E-state index in [0.29, 0.717) is 31.7 Å². The molecule has 0 aromatic heterocycles. The van der Waals surface area contributed by atoms with Crippen LogP contribution in [0, 0.1) is 0 Å². The van der Waals surface area contributed by atoms with Gasteiger partial charge in [-0.2, -0.15) is 0 Å². The third kappa shape index (κ3) is 4.14. The third-order valence-corrected chi connectivity index (χ3v) is 4.68. The average Bonchev–Trinajstić information content (AvgIpc) is 2.67. The van der Waals surface area contributed by atoms with E-state index in [-0.39, 0.29) is 11.8 Å². The first-order chi connectivity index (χ1) is 12.1. The summed E-state index contributed by atoms with van der Waals surface area (Å²) < 4.78 is 0. The third-order valence-electron chi connectivity index (χ3n) is 4.30. The number of nitrogens with zero attached hydrogens (tertiary/aromatic N) is 2. The lowest BCUT2D eigenvalue weighted by molar-refractivity contribution is -0.130. The van der Waals surface area contributed by atoms with E-state index in [1.54, 1.807) is 9.80 Å². The lowest BCUT2D eigenvalue weighted by Gasteiger charge is -2.35. The maximum atomic E-state index is 12.6. The van der Waals surface area contributed by atoms with Crippen molar-refractivity contribution in [2.45, 2.75) is 4.84 Å². The zero-order valence-electron chi connectivity index (χ0n) is 13.6. The first-order valence-electron chi connectivity index (χ1n) is 8.08. The van der Waals surface area contributed by atoms with E-state index in [2.05, 4.69) is 0 Å². The van der Waals surface area contributed by atoms with Crippen molar-refractivity contribution in [2.24, 2.45) is 0 Å². The molecule has 0 saturated carbocycles. The molecule has 2 amide bonds. The van der Waals surface area contributed by atoms with E-state index >= 15 is 0 Å². The minimum Gasteiger partial charge on any atom is -0.337 e. The molecule has 0 radical (unpaired) electrons. The second-order valence-electron chi connectivity index (χ2n) is 5.86. The molecular formula is C19H18Cl2N2O2. The van der Waals surface area contributed by atoms with E-state index in [4.69, 9.17) is 23.2 Å². The smallest absolute Gasteiger partial charge is 0.255 e. The number of carbonyl (C=O) groups excluding carboxylic acids is 2. The van der Waals surface area contributed by atoms with E-state index < -0.39 is 4.84 Å². The minimum absolute atomic E-state index is 0.0278. The Morgan fingerprint density at radius 2 is 1.28 bits per heavy atom. The van der Waals surface area contributed by atoms with Crippen molar-refractivity contribution in [3.63, 3.8) is 0 Å². The maximum Gasteiger partial charge on any atom is 0.255 e. The molecule has 1 fully saturated rings. The zero-order chi connectivity index (χ0) is 17.8. The van der Waals surface area contributed by atoms with Crippen LogP contribution in [0.3, 0.4) is 0 Å². The summed E-state index contributed by atoms with van der Waals surface area (Å²) in [5.74, 6) is -0.331. The van der Waals surface area contributed by atoms with Crippen molar-refractivity contribution >= 4 is 35.0 Å². The van der Waals surface area contributed by atoms with Gasteiger partial charge in [-0.05, 0) is 23.3 Å². The zero-order valence-corrected chi connectivity index (χ0v) is 15.1.